The summed E-state index contributed by atoms with van der Waals surface area (Å²) in [4.78, 5) is 13.3. The van der Waals surface area contributed by atoms with Crippen LogP contribution in [0.2, 0.25) is 0 Å². The lowest BCUT2D eigenvalue weighted by atomic mass is 9.69. The summed E-state index contributed by atoms with van der Waals surface area (Å²) in [7, 11) is -0.504. The summed E-state index contributed by atoms with van der Waals surface area (Å²) in [5.41, 5.74) is 0.747. The third-order valence-corrected chi connectivity index (χ3v) is 9.61. The SMILES string of the molecule is COc1cc(/C=C(\C)C(=O)N2[C@@H]3C[C@H]4CC[C@]3(CS2(=O)=O)C4(C)C)cc(OC)c1. The molecule has 1 spiro atoms. The zero-order valence-electron chi connectivity index (χ0n) is 17.7. The monoisotopic (exact) mass is 419 g/mol. The van der Waals surface area contributed by atoms with E-state index in [-0.39, 0.29) is 22.6 Å². The molecule has 1 amide bonds. The van der Waals surface area contributed by atoms with E-state index >= 15 is 0 Å². The van der Waals surface area contributed by atoms with E-state index in [1.165, 1.54) is 4.31 Å². The van der Waals surface area contributed by atoms with Crippen LogP contribution in [0.3, 0.4) is 0 Å². The molecule has 3 atom stereocenters. The number of methoxy groups -OCH3 is 2. The van der Waals surface area contributed by atoms with Gasteiger partial charge >= 0.3 is 0 Å². The Hall–Kier alpha value is -2.02. The Labute approximate surface area is 172 Å². The summed E-state index contributed by atoms with van der Waals surface area (Å²) in [5, 5.41) is 0. The first-order valence-electron chi connectivity index (χ1n) is 10.0. The number of fused-ring (bicyclic) bond motifs is 1. The Morgan fingerprint density at radius 2 is 1.79 bits per heavy atom. The van der Waals surface area contributed by atoms with Crippen molar-refractivity contribution in [2.45, 2.75) is 46.1 Å². The second-order valence-electron chi connectivity index (χ2n) is 9.20. The van der Waals surface area contributed by atoms with Gasteiger partial charge in [-0.2, -0.15) is 0 Å². The van der Waals surface area contributed by atoms with Crippen LogP contribution in [0.4, 0.5) is 0 Å². The van der Waals surface area contributed by atoms with Gasteiger partial charge in [0.25, 0.3) is 5.91 Å². The standard InChI is InChI=1S/C22H29NO5S/c1-14(8-15-9-17(27-4)12-18(10-15)28-5)20(24)23-19-11-16-6-7-22(19,21(16,2)3)13-29(23,25)26/h8-10,12,16,19H,6-7,11,13H2,1-5H3/b14-8+/t16-,19-,22-/m1/s1. The van der Waals surface area contributed by atoms with E-state index in [1.54, 1.807) is 45.4 Å². The fraction of sp³-hybridized carbons (Fsp3) is 0.591. The summed E-state index contributed by atoms with van der Waals surface area (Å²) >= 11 is 0. The molecule has 0 unspecified atom stereocenters. The van der Waals surface area contributed by atoms with E-state index in [2.05, 4.69) is 13.8 Å². The summed E-state index contributed by atoms with van der Waals surface area (Å²) in [6, 6.07) is 5.11. The molecule has 1 aromatic carbocycles. The van der Waals surface area contributed by atoms with Crippen LogP contribution in [-0.2, 0) is 14.8 Å². The fourth-order valence-corrected chi connectivity index (χ4v) is 8.53. The molecule has 1 saturated heterocycles. The zero-order valence-corrected chi connectivity index (χ0v) is 18.5. The van der Waals surface area contributed by atoms with Crippen molar-refractivity contribution in [1.82, 2.24) is 4.31 Å². The molecular formula is C22H29NO5S. The number of hydrogen-bond acceptors (Lipinski definition) is 5. The van der Waals surface area contributed by atoms with Gasteiger partial charge in [-0.05, 0) is 61.3 Å². The number of benzene rings is 1. The third kappa shape index (κ3) is 2.80. The van der Waals surface area contributed by atoms with Crippen molar-refractivity contribution in [3.8, 4) is 11.5 Å². The Kier molecular flexibility index (Phi) is 4.53. The Bertz CT molecular complexity index is 974. The molecule has 1 aromatic rings. The first kappa shape index (κ1) is 20.3. The van der Waals surface area contributed by atoms with E-state index in [1.807, 2.05) is 0 Å². The normalized spacial score (nSPS) is 31.6. The molecule has 7 heteroatoms. The maximum Gasteiger partial charge on any atom is 0.263 e. The van der Waals surface area contributed by atoms with Gasteiger partial charge < -0.3 is 9.47 Å². The molecule has 29 heavy (non-hydrogen) atoms. The van der Waals surface area contributed by atoms with E-state index in [0.29, 0.717) is 23.0 Å². The number of nitrogens with zero attached hydrogens (tertiary/aromatic N) is 1. The van der Waals surface area contributed by atoms with Gasteiger partial charge in [0.05, 0.1) is 26.0 Å². The predicted molar refractivity (Wildman–Crippen MR) is 111 cm³/mol. The van der Waals surface area contributed by atoms with Crippen molar-refractivity contribution in [2.75, 3.05) is 20.0 Å². The number of sulfonamides is 1. The Morgan fingerprint density at radius 1 is 1.17 bits per heavy atom. The highest BCUT2D eigenvalue weighted by Gasteiger charge is 2.72. The molecule has 0 aromatic heterocycles. The van der Waals surface area contributed by atoms with Crippen molar-refractivity contribution in [2.24, 2.45) is 16.7 Å². The predicted octanol–water partition coefficient (Wildman–Crippen LogP) is 3.47. The van der Waals surface area contributed by atoms with E-state index in [9.17, 15) is 13.2 Å². The molecule has 0 N–H and O–H groups in total. The zero-order chi connectivity index (χ0) is 21.2. The minimum Gasteiger partial charge on any atom is -0.497 e. The molecule has 3 aliphatic rings. The Balaban J connectivity index is 1.69. The van der Waals surface area contributed by atoms with Gasteiger partial charge in [-0.25, -0.2) is 12.7 Å². The summed E-state index contributed by atoms with van der Waals surface area (Å²) in [6.45, 7) is 6.03. The number of amides is 1. The fourth-order valence-electron chi connectivity index (χ4n) is 5.95. The van der Waals surface area contributed by atoms with Gasteiger partial charge in [0.15, 0.2) is 0 Å². The molecule has 2 saturated carbocycles. The van der Waals surface area contributed by atoms with Gasteiger partial charge in [-0.15, -0.1) is 0 Å². The van der Waals surface area contributed by atoms with Gasteiger partial charge in [0.2, 0.25) is 10.0 Å². The molecule has 2 bridgehead atoms. The van der Waals surface area contributed by atoms with Crippen LogP contribution in [0.25, 0.3) is 6.08 Å². The second kappa shape index (κ2) is 6.49. The van der Waals surface area contributed by atoms with Crippen molar-refractivity contribution >= 4 is 22.0 Å². The molecule has 1 heterocycles. The quantitative estimate of drug-likeness (QED) is 0.699. The largest absolute Gasteiger partial charge is 0.497 e. The molecule has 6 nitrogen and oxygen atoms in total. The number of carbonyl (C=O) groups is 1. The number of hydrogen-bond donors (Lipinski definition) is 0. The third-order valence-electron chi connectivity index (χ3n) is 7.71. The summed E-state index contributed by atoms with van der Waals surface area (Å²) < 4.78 is 37.9. The molecule has 0 radical (unpaired) electrons. The molecule has 1 aliphatic heterocycles. The first-order valence-corrected chi connectivity index (χ1v) is 11.6. The molecule has 3 fully saturated rings. The van der Waals surface area contributed by atoms with E-state index in [0.717, 1.165) is 24.8 Å². The average Bonchev–Trinajstić information content (AvgIpc) is 3.14. The van der Waals surface area contributed by atoms with Gasteiger partial charge in [0.1, 0.15) is 11.5 Å². The van der Waals surface area contributed by atoms with Crippen molar-refractivity contribution < 1.29 is 22.7 Å². The molecule has 158 valence electrons. The maximum atomic E-state index is 13.3. The van der Waals surface area contributed by atoms with Gasteiger partial charge in [-0.3, -0.25) is 4.79 Å². The van der Waals surface area contributed by atoms with Crippen molar-refractivity contribution in [3.05, 3.63) is 29.3 Å². The minimum atomic E-state index is -3.63. The molecule has 2 aliphatic carbocycles. The summed E-state index contributed by atoms with van der Waals surface area (Å²) in [5.74, 6) is 1.36. The van der Waals surface area contributed by atoms with Crippen LogP contribution < -0.4 is 9.47 Å². The van der Waals surface area contributed by atoms with Crippen LogP contribution >= 0.6 is 0 Å². The van der Waals surface area contributed by atoms with Gasteiger partial charge in [-0.1, -0.05) is 13.8 Å². The van der Waals surface area contributed by atoms with Crippen LogP contribution in [0, 0.1) is 16.7 Å². The molecular weight excluding hydrogens is 390 g/mol. The maximum absolute atomic E-state index is 13.3. The highest BCUT2D eigenvalue weighted by atomic mass is 32.2. The smallest absolute Gasteiger partial charge is 0.263 e. The minimum absolute atomic E-state index is 0.0580. The van der Waals surface area contributed by atoms with Crippen molar-refractivity contribution in [1.29, 1.82) is 0 Å². The summed E-state index contributed by atoms with van der Waals surface area (Å²) in [6.07, 6.45) is 4.41. The lowest BCUT2D eigenvalue weighted by Gasteiger charge is -2.37. The highest BCUT2D eigenvalue weighted by Crippen LogP contribution is 2.70. The molecule has 4 rings (SSSR count). The number of carbonyl (C=O) groups excluding carboxylic acids is 1. The topological polar surface area (TPSA) is 72.9 Å². The van der Waals surface area contributed by atoms with Crippen molar-refractivity contribution in [3.63, 3.8) is 0 Å². The number of ether oxygens (including phenoxy) is 2. The lowest BCUT2D eigenvalue weighted by Crippen LogP contribution is -2.44. The van der Waals surface area contributed by atoms with Gasteiger partial charge in [0, 0.05) is 17.1 Å². The second-order valence-corrected chi connectivity index (χ2v) is 11.0. The average molecular weight is 420 g/mol. The van der Waals surface area contributed by atoms with Crippen LogP contribution in [-0.4, -0.2) is 44.6 Å². The number of rotatable bonds is 4. The lowest BCUT2D eigenvalue weighted by molar-refractivity contribution is -0.124. The van der Waals surface area contributed by atoms with Crippen LogP contribution in [0.15, 0.2) is 23.8 Å². The first-order chi connectivity index (χ1) is 13.6. The van der Waals surface area contributed by atoms with Crippen LogP contribution in [0.1, 0.15) is 45.6 Å². The Morgan fingerprint density at radius 3 is 2.34 bits per heavy atom. The van der Waals surface area contributed by atoms with E-state index in [4.69, 9.17) is 9.47 Å². The highest BCUT2D eigenvalue weighted by molar-refractivity contribution is 7.90. The van der Waals surface area contributed by atoms with E-state index < -0.39 is 15.9 Å². The van der Waals surface area contributed by atoms with Crippen LogP contribution in [0.5, 0.6) is 11.5 Å².